The molecule has 0 bridgehead atoms. The summed E-state index contributed by atoms with van der Waals surface area (Å²) >= 11 is 0. The molecule has 0 saturated carbocycles. The lowest BCUT2D eigenvalue weighted by Crippen LogP contribution is -2.57. The average Bonchev–Trinajstić information content (AvgIpc) is 2.37. The first-order valence-corrected chi connectivity index (χ1v) is 6.11. The number of nitrogens with zero attached hydrogens (tertiary/aromatic N) is 1. The summed E-state index contributed by atoms with van der Waals surface area (Å²) in [6, 6.07) is -0.485. The van der Waals surface area contributed by atoms with Crippen LogP contribution >= 0.6 is 12.4 Å². The summed E-state index contributed by atoms with van der Waals surface area (Å²) < 4.78 is 0. The number of aliphatic hydroxyl groups excluding tert-OH is 3. The predicted molar refractivity (Wildman–Crippen MR) is 71.7 cm³/mol. The number of hydrazine groups is 1. The molecule has 0 aliphatic carbocycles. The van der Waals surface area contributed by atoms with Gasteiger partial charge in [-0.2, -0.15) is 0 Å². The fourth-order valence-corrected chi connectivity index (χ4v) is 1.83. The molecule has 1 rings (SSSR count). The van der Waals surface area contributed by atoms with Gasteiger partial charge in [0.2, 0.25) is 0 Å². The molecule has 0 aromatic heterocycles. The largest absolute Gasteiger partial charge is 0.395 e. The Bertz CT molecular complexity index is 192. The SMILES string of the molecule is Cl.OCC(O)C(CO)N1CCNCCNCCN1. The van der Waals surface area contributed by atoms with Gasteiger partial charge in [0, 0.05) is 39.3 Å². The number of aliphatic hydroxyl groups is 3. The van der Waals surface area contributed by atoms with Crippen LogP contribution in [0.15, 0.2) is 0 Å². The highest BCUT2D eigenvalue weighted by Gasteiger charge is 2.24. The van der Waals surface area contributed by atoms with Crippen LogP contribution in [0.4, 0.5) is 0 Å². The fraction of sp³-hybridized carbons (Fsp3) is 1.00. The third kappa shape index (κ3) is 6.26. The van der Waals surface area contributed by atoms with E-state index in [0.29, 0.717) is 6.54 Å². The van der Waals surface area contributed by atoms with Crippen LogP contribution in [0, 0.1) is 0 Å². The molecule has 1 fully saturated rings. The van der Waals surface area contributed by atoms with Crippen LogP contribution in [-0.4, -0.2) is 85.0 Å². The monoisotopic (exact) mass is 284 g/mol. The molecular formula is C10H25ClN4O3. The van der Waals surface area contributed by atoms with Crippen molar-refractivity contribution in [3.63, 3.8) is 0 Å². The third-order valence-corrected chi connectivity index (χ3v) is 2.84. The quantitative estimate of drug-likeness (QED) is 0.330. The molecule has 110 valence electrons. The normalized spacial score (nSPS) is 22.8. The highest BCUT2D eigenvalue weighted by molar-refractivity contribution is 5.85. The van der Waals surface area contributed by atoms with Crippen LogP contribution in [0.25, 0.3) is 0 Å². The van der Waals surface area contributed by atoms with E-state index in [-0.39, 0.29) is 25.6 Å². The summed E-state index contributed by atoms with van der Waals surface area (Å²) in [5.41, 5.74) is 3.16. The van der Waals surface area contributed by atoms with Crippen molar-refractivity contribution in [1.29, 1.82) is 0 Å². The minimum atomic E-state index is -0.941. The topological polar surface area (TPSA) is 100 Å². The number of hydrogen-bond donors (Lipinski definition) is 6. The van der Waals surface area contributed by atoms with Gasteiger partial charge >= 0.3 is 0 Å². The summed E-state index contributed by atoms with van der Waals surface area (Å²) in [5, 5.41) is 36.2. The highest BCUT2D eigenvalue weighted by Crippen LogP contribution is 2.01. The second-order valence-corrected chi connectivity index (χ2v) is 4.10. The van der Waals surface area contributed by atoms with Crippen molar-refractivity contribution in [2.75, 3.05) is 52.5 Å². The van der Waals surface area contributed by atoms with Crippen LogP contribution < -0.4 is 16.1 Å². The van der Waals surface area contributed by atoms with Crippen LogP contribution in [0.2, 0.25) is 0 Å². The van der Waals surface area contributed by atoms with E-state index in [9.17, 15) is 10.2 Å². The summed E-state index contributed by atoms with van der Waals surface area (Å²) in [7, 11) is 0. The molecule has 0 aromatic rings. The first kappa shape index (κ1) is 18.0. The van der Waals surface area contributed by atoms with E-state index in [0.717, 1.165) is 32.7 Å². The lowest BCUT2D eigenvalue weighted by molar-refractivity contribution is -0.0336. The van der Waals surface area contributed by atoms with Crippen LogP contribution in [0.1, 0.15) is 0 Å². The Balaban J connectivity index is 0.00000289. The van der Waals surface area contributed by atoms with Gasteiger partial charge in [0.25, 0.3) is 0 Å². The molecule has 7 nitrogen and oxygen atoms in total. The van der Waals surface area contributed by atoms with E-state index in [1.807, 2.05) is 0 Å². The maximum Gasteiger partial charge on any atom is 0.0962 e. The minimum Gasteiger partial charge on any atom is -0.395 e. The lowest BCUT2D eigenvalue weighted by atomic mass is 10.1. The molecule has 6 N–H and O–H groups in total. The van der Waals surface area contributed by atoms with Gasteiger partial charge in [0.1, 0.15) is 0 Å². The molecule has 2 atom stereocenters. The molecule has 1 saturated heterocycles. The zero-order valence-electron chi connectivity index (χ0n) is 10.5. The Hall–Kier alpha value is 0.01000. The van der Waals surface area contributed by atoms with Gasteiger partial charge in [0.15, 0.2) is 0 Å². The average molecular weight is 285 g/mol. The van der Waals surface area contributed by atoms with Gasteiger partial charge in [-0.05, 0) is 0 Å². The molecule has 8 heteroatoms. The lowest BCUT2D eigenvalue weighted by Gasteiger charge is -2.34. The Morgan fingerprint density at radius 2 is 1.56 bits per heavy atom. The van der Waals surface area contributed by atoms with Crippen molar-refractivity contribution in [2.24, 2.45) is 0 Å². The maximum atomic E-state index is 9.63. The zero-order chi connectivity index (χ0) is 12.5. The molecule has 2 unspecified atom stereocenters. The summed E-state index contributed by atoms with van der Waals surface area (Å²) in [6.45, 7) is 4.29. The maximum absolute atomic E-state index is 9.63. The molecule has 0 amide bonds. The molecule has 1 heterocycles. The summed E-state index contributed by atoms with van der Waals surface area (Å²) in [5.74, 6) is 0. The number of rotatable bonds is 4. The van der Waals surface area contributed by atoms with Crippen molar-refractivity contribution in [3.8, 4) is 0 Å². The predicted octanol–water partition coefficient (Wildman–Crippen LogP) is -2.88. The first-order chi connectivity index (χ1) is 8.29. The molecule has 0 aromatic carbocycles. The van der Waals surface area contributed by atoms with Crippen molar-refractivity contribution in [3.05, 3.63) is 0 Å². The number of halogens is 1. The smallest absolute Gasteiger partial charge is 0.0962 e. The Kier molecular flexibility index (Phi) is 10.9. The van der Waals surface area contributed by atoms with Gasteiger partial charge in [-0.15, -0.1) is 12.4 Å². The Labute approximate surface area is 114 Å². The van der Waals surface area contributed by atoms with Gasteiger partial charge in [-0.1, -0.05) is 0 Å². The van der Waals surface area contributed by atoms with Crippen molar-refractivity contribution >= 4 is 12.4 Å². The van der Waals surface area contributed by atoms with E-state index in [2.05, 4.69) is 16.1 Å². The van der Waals surface area contributed by atoms with Crippen molar-refractivity contribution < 1.29 is 15.3 Å². The molecule has 1 aliphatic rings. The first-order valence-electron chi connectivity index (χ1n) is 6.11. The second kappa shape index (κ2) is 10.9. The summed E-state index contributed by atoms with van der Waals surface area (Å²) in [6.07, 6.45) is -0.941. The molecular weight excluding hydrogens is 260 g/mol. The van der Waals surface area contributed by atoms with Crippen LogP contribution in [0.5, 0.6) is 0 Å². The summed E-state index contributed by atoms with van der Waals surface area (Å²) in [4.78, 5) is 0. The van der Waals surface area contributed by atoms with Gasteiger partial charge in [0.05, 0.1) is 25.4 Å². The van der Waals surface area contributed by atoms with Crippen molar-refractivity contribution in [2.45, 2.75) is 12.1 Å². The molecule has 0 radical (unpaired) electrons. The van der Waals surface area contributed by atoms with E-state index in [1.54, 1.807) is 5.01 Å². The van der Waals surface area contributed by atoms with E-state index in [4.69, 9.17) is 5.11 Å². The van der Waals surface area contributed by atoms with Crippen LogP contribution in [-0.2, 0) is 0 Å². The van der Waals surface area contributed by atoms with Gasteiger partial charge in [-0.25, -0.2) is 5.01 Å². The van der Waals surface area contributed by atoms with E-state index < -0.39 is 12.1 Å². The Morgan fingerprint density at radius 1 is 0.944 bits per heavy atom. The van der Waals surface area contributed by atoms with E-state index >= 15 is 0 Å². The van der Waals surface area contributed by atoms with Crippen LogP contribution in [0.3, 0.4) is 0 Å². The number of hydrogen-bond acceptors (Lipinski definition) is 7. The third-order valence-electron chi connectivity index (χ3n) is 2.84. The fourth-order valence-electron chi connectivity index (χ4n) is 1.83. The second-order valence-electron chi connectivity index (χ2n) is 4.10. The molecule has 18 heavy (non-hydrogen) atoms. The minimum absolute atomic E-state index is 0. The Morgan fingerprint density at radius 3 is 2.17 bits per heavy atom. The highest BCUT2D eigenvalue weighted by atomic mass is 35.5. The van der Waals surface area contributed by atoms with Gasteiger partial charge < -0.3 is 26.0 Å². The molecule has 1 aliphatic heterocycles. The van der Waals surface area contributed by atoms with Gasteiger partial charge in [-0.3, -0.25) is 5.43 Å². The van der Waals surface area contributed by atoms with Crippen molar-refractivity contribution in [1.82, 2.24) is 21.1 Å². The standard InChI is InChI=1S/C10H24N4O3.ClH/c15-7-9(10(17)8-16)14-6-5-12-2-1-11-3-4-13-14;/h9-13,15-17H,1-8H2;1H. The zero-order valence-corrected chi connectivity index (χ0v) is 11.3. The molecule has 0 spiro atoms. The van der Waals surface area contributed by atoms with E-state index in [1.165, 1.54) is 0 Å². The number of nitrogens with one attached hydrogen (secondary N) is 3.